The summed E-state index contributed by atoms with van der Waals surface area (Å²) in [6.07, 6.45) is 4.70. The molecule has 1 atom stereocenters. The van der Waals surface area contributed by atoms with Crippen molar-refractivity contribution in [1.82, 2.24) is 9.88 Å². The summed E-state index contributed by atoms with van der Waals surface area (Å²) >= 11 is 0. The van der Waals surface area contributed by atoms with Crippen LogP contribution in [0.3, 0.4) is 0 Å². The SMILES string of the molecule is COCCCC1(C(=O)O)CCCN(Cc2cccnc2N)C1. The van der Waals surface area contributed by atoms with Gasteiger partial charge in [0.2, 0.25) is 0 Å². The molecular weight excluding hydrogens is 282 g/mol. The number of nitrogens with two attached hydrogens (primary N) is 1. The van der Waals surface area contributed by atoms with Crippen molar-refractivity contribution >= 4 is 11.8 Å². The summed E-state index contributed by atoms with van der Waals surface area (Å²) in [6, 6.07) is 3.81. The number of hydrogen-bond acceptors (Lipinski definition) is 5. The zero-order valence-electron chi connectivity index (χ0n) is 13.1. The molecule has 1 saturated heterocycles. The second-order valence-electron chi connectivity index (χ2n) is 6.04. The van der Waals surface area contributed by atoms with Crippen molar-refractivity contribution in [2.75, 3.05) is 32.5 Å². The number of aromatic nitrogens is 1. The number of piperidine rings is 1. The van der Waals surface area contributed by atoms with Crippen molar-refractivity contribution in [3.8, 4) is 0 Å². The van der Waals surface area contributed by atoms with E-state index in [-0.39, 0.29) is 0 Å². The van der Waals surface area contributed by atoms with E-state index in [9.17, 15) is 9.90 Å². The van der Waals surface area contributed by atoms with E-state index >= 15 is 0 Å². The number of ether oxygens (including phenoxy) is 1. The van der Waals surface area contributed by atoms with Gasteiger partial charge in [0.05, 0.1) is 5.41 Å². The number of nitrogen functional groups attached to an aromatic ring is 1. The number of likely N-dealkylation sites (tertiary alicyclic amines) is 1. The number of carboxylic acid groups (broad SMARTS) is 1. The maximum absolute atomic E-state index is 11.8. The van der Waals surface area contributed by atoms with Crippen molar-refractivity contribution in [3.05, 3.63) is 23.9 Å². The largest absolute Gasteiger partial charge is 0.481 e. The van der Waals surface area contributed by atoms with Crippen LogP contribution in [-0.2, 0) is 16.1 Å². The maximum atomic E-state index is 11.8. The Hall–Kier alpha value is -1.66. The molecule has 0 saturated carbocycles. The summed E-state index contributed by atoms with van der Waals surface area (Å²) in [4.78, 5) is 18.1. The molecule has 6 heteroatoms. The number of anilines is 1. The van der Waals surface area contributed by atoms with Gasteiger partial charge in [-0.3, -0.25) is 9.69 Å². The maximum Gasteiger partial charge on any atom is 0.310 e. The number of carbonyl (C=O) groups is 1. The molecule has 1 aliphatic heterocycles. The number of rotatable bonds is 7. The van der Waals surface area contributed by atoms with E-state index in [4.69, 9.17) is 10.5 Å². The van der Waals surface area contributed by atoms with Gasteiger partial charge in [-0.15, -0.1) is 0 Å². The number of carboxylic acids is 1. The van der Waals surface area contributed by atoms with Crippen molar-refractivity contribution < 1.29 is 14.6 Å². The smallest absolute Gasteiger partial charge is 0.310 e. The predicted octanol–water partition coefficient (Wildman–Crippen LogP) is 1.76. The van der Waals surface area contributed by atoms with Crippen molar-refractivity contribution in [2.24, 2.45) is 5.41 Å². The number of pyridine rings is 1. The number of nitrogens with zero attached hydrogens (tertiary/aromatic N) is 2. The van der Waals surface area contributed by atoms with E-state index < -0.39 is 11.4 Å². The minimum Gasteiger partial charge on any atom is -0.481 e. The van der Waals surface area contributed by atoms with E-state index in [0.29, 0.717) is 31.9 Å². The monoisotopic (exact) mass is 307 g/mol. The Kier molecular flexibility index (Phi) is 5.74. The first-order chi connectivity index (χ1) is 10.6. The molecule has 0 aliphatic carbocycles. The topological polar surface area (TPSA) is 88.7 Å². The summed E-state index contributed by atoms with van der Waals surface area (Å²) in [7, 11) is 1.64. The Morgan fingerprint density at radius 1 is 1.59 bits per heavy atom. The van der Waals surface area contributed by atoms with Crippen LogP contribution in [0.4, 0.5) is 5.82 Å². The Balaban J connectivity index is 2.05. The van der Waals surface area contributed by atoms with E-state index in [2.05, 4.69) is 9.88 Å². The molecule has 0 radical (unpaired) electrons. The molecule has 1 aliphatic rings. The quantitative estimate of drug-likeness (QED) is 0.746. The van der Waals surface area contributed by atoms with Crippen LogP contribution in [0.1, 0.15) is 31.2 Å². The van der Waals surface area contributed by atoms with Crippen molar-refractivity contribution in [1.29, 1.82) is 0 Å². The van der Waals surface area contributed by atoms with Crippen molar-refractivity contribution in [3.63, 3.8) is 0 Å². The summed E-state index contributed by atoms with van der Waals surface area (Å²) in [6.45, 7) is 2.71. The lowest BCUT2D eigenvalue weighted by Gasteiger charge is -2.40. The van der Waals surface area contributed by atoms with Crippen LogP contribution < -0.4 is 5.73 Å². The third-order valence-corrected chi connectivity index (χ3v) is 4.43. The fraction of sp³-hybridized carbons (Fsp3) is 0.625. The molecule has 1 unspecified atom stereocenters. The van der Waals surface area contributed by atoms with Crippen LogP contribution in [0.15, 0.2) is 18.3 Å². The van der Waals surface area contributed by atoms with E-state index in [1.54, 1.807) is 13.3 Å². The molecule has 1 aromatic heterocycles. The molecule has 2 rings (SSSR count). The van der Waals surface area contributed by atoms with Gasteiger partial charge in [-0.1, -0.05) is 6.07 Å². The van der Waals surface area contributed by atoms with Gasteiger partial charge in [0, 0.05) is 38.6 Å². The molecule has 22 heavy (non-hydrogen) atoms. The van der Waals surface area contributed by atoms with Gasteiger partial charge in [-0.05, 0) is 38.3 Å². The fourth-order valence-electron chi connectivity index (χ4n) is 3.23. The molecule has 0 spiro atoms. The summed E-state index contributed by atoms with van der Waals surface area (Å²) in [5.41, 5.74) is 6.18. The standard InChI is InChI=1S/C16H25N3O3/c1-22-10-4-7-16(15(20)21)6-3-9-19(12-16)11-13-5-2-8-18-14(13)17/h2,5,8H,3-4,6-7,9-12H2,1H3,(H2,17,18)(H,20,21). The van der Waals surface area contributed by atoms with Gasteiger partial charge in [0.15, 0.2) is 0 Å². The predicted molar refractivity (Wildman–Crippen MR) is 84.3 cm³/mol. The van der Waals surface area contributed by atoms with Crippen LogP contribution >= 0.6 is 0 Å². The lowest BCUT2D eigenvalue weighted by molar-refractivity contribution is -0.153. The summed E-state index contributed by atoms with van der Waals surface area (Å²) in [5.74, 6) is -0.180. The van der Waals surface area contributed by atoms with Crippen molar-refractivity contribution in [2.45, 2.75) is 32.2 Å². The number of aliphatic carboxylic acids is 1. The first-order valence-corrected chi connectivity index (χ1v) is 7.71. The lowest BCUT2D eigenvalue weighted by Crippen LogP contribution is -2.47. The van der Waals surface area contributed by atoms with Gasteiger partial charge >= 0.3 is 5.97 Å². The molecule has 122 valence electrons. The molecular formula is C16H25N3O3. The highest BCUT2D eigenvalue weighted by Gasteiger charge is 2.41. The highest BCUT2D eigenvalue weighted by Crippen LogP contribution is 2.35. The number of hydrogen-bond donors (Lipinski definition) is 2. The van der Waals surface area contributed by atoms with Gasteiger partial charge in [-0.25, -0.2) is 4.98 Å². The Morgan fingerprint density at radius 3 is 3.09 bits per heavy atom. The average molecular weight is 307 g/mol. The molecule has 0 amide bonds. The van der Waals surface area contributed by atoms with E-state index in [0.717, 1.165) is 31.4 Å². The van der Waals surface area contributed by atoms with Gasteiger partial charge in [0.25, 0.3) is 0 Å². The van der Waals surface area contributed by atoms with E-state index in [1.807, 2.05) is 12.1 Å². The van der Waals surface area contributed by atoms with Crippen LogP contribution in [0.5, 0.6) is 0 Å². The number of methoxy groups -OCH3 is 1. The zero-order chi connectivity index (χ0) is 16.0. The lowest BCUT2D eigenvalue weighted by atomic mass is 9.76. The highest BCUT2D eigenvalue weighted by atomic mass is 16.5. The van der Waals surface area contributed by atoms with Gasteiger partial charge < -0.3 is 15.6 Å². The molecule has 6 nitrogen and oxygen atoms in total. The summed E-state index contributed by atoms with van der Waals surface area (Å²) < 4.78 is 5.06. The summed E-state index contributed by atoms with van der Waals surface area (Å²) in [5, 5.41) is 9.72. The van der Waals surface area contributed by atoms with Gasteiger partial charge in [0.1, 0.15) is 5.82 Å². The molecule has 2 heterocycles. The average Bonchev–Trinajstić information content (AvgIpc) is 2.50. The molecule has 1 fully saturated rings. The van der Waals surface area contributed by atoms with E-state index in [1.165, 1.54) is 0 Å². The Morgan fingerprint density at radius 2 is 2.41 bits per heavy atom. The van der Waals surface area contributed by atoms with Gasteiger partial charge in [-0.2, -0.15) is 0 Å². The highest BCUT2D eigenvalue weighted by molar-refractivity contribution is 5.75. The first-order valence-electron chi connectivity index (χ1n) is 7.71. The third kappa shape index (κ3) is 3.96. The third-order valence-electron chi connectivity index (χ3n) is 4.43. The normalized spacial score (nSPS) is 22.6. The molecule has 3 N–H and O–H groups in total. The second kappa shape index (κ2) is 7.56. The molecule has 1 aromatic rings. The molecule has 0 bridgehead atoms. The zero-order valence-corrected chi connectivity index (χ0v) is 13.1. The Bertz CT molecular complexity index is 509. The minimum absolute atomic E-state index is 0.522. The fourth-order valence-corrected chi connectivity index (χ4v) is 3.23. The van der Waals surface area contributed by atoms with Crippen LogP contribution in [0.25, 0.3) is 0 Å². The first kappa shape index (κ1) is 16.7. The minimum atomic E-state index is -0.701. The Labute approximate surface area is 131 Å². The molecule has 0 aromatic carbocycles. The van der Waals surface area contributed by atoms with Crippen LogP contribution in [0.2, 0.25) is 0 Å². The van der Waals surface area contributed by atoms with Crippen LogP contribution in [-0.4, -0.2) is 47.8 Å². The second-order valence-corrected chi connectivity index (χ2v) is 6.04. The van der Waals surface area contributed by atoms with Crippen LogP contribution in [0, 0.1) is 5.41 Å².